The number of thioether (sulfide) groups is 1. The van der Waals surface area contributed by atoms with E-state index in [0.717, 1.165) is 14.5 Å². The molecule has 0 amide bonds. The van der Waals surface area contributed by atoms with Gasteiger partial charge in [-0.05, 0) is 46.1 Å². The molecule has 3 nitrogen and oxygen atoms in total. The molecule has 2 aromatic heterocycles. The maximum Gasteiger partial charge on any atom is 0.189 e. The molecule has 2 rings (SSSR count). The molecule has 0 bridgehead atoms. The van der Waals surface area contributed by atoms with E-state index < -0.39 is 0 Å². The summed E-state index contributed by atoms with van der Waals surface area (Å²) in [6.07, 6.45) is 3.65. The molecule has 0 spiro atoms. The SMILES string of the molecule is CSc1nc(Cl)cc(Sc2ncccc2Br)n1. The van der Waals surface area contributed by atoms with Gasteiger partial charge in [-0.15, -0.1) is 0 Å². The van der Waals surface area contributed by atoms with Crippen LogP contribution in [0.4, 0.5) is 0 Å². The molecule has 0 aliphatic rings. The van der Waals surface area contributed by atoms with Gasteiger partial charge in [0.1, 0.15) is 15.2 Å². The molecule has 0 atom stereocenters. The predicted octanol–water partition coefficient (Wildman–Crippen LogP) is 4.16. The normalized spacial score (nSPS) is 10.5. The van der Waals surface area contributed by atoms with Crippen molar-refractivity contribution in [1.82, 2.24) is 15.0 Å². The zero-order valence-corrected chi connectivity index (χ0v) is 12.7. The first-order valence-corrected chi connectivity index (χ1v) is 7.77. The number of rotatable bonds is 3. The molecule has 0 N–H and O–H groups in total. The van der Waals surface area contributed by atoms with Crippen LogP contribution in [0.25, 0.3) is 0 Å². The van der Waals surface area contributed by atoms with Crippen molar-refractivity contribution < 1.29 is 0 Å². The lowest BCUT2D eigenvalue weighted by Gasteiger charge is -2.03. The number of nitrogens with zero attached hydrogens (tertiary/aromatic N) is 3. The van der Waals surface area contributed by atoms with Crippen LogP contribution >= 0.6 is 51.1 Å². The van der Waals surface area contributed by atoms with E-state index in [9.17, 15) is 0 Å². The fourth-order valence-corrected chi connectivity index (χ4v) is 3.08. The first kappa shape index (κ1) is 13.1. The second kappa shape index (κ2) is 6.04. The summed E-state index contributed by atoms with van der Waals surface area (Å²) in [6.45, 7) is 0. The highest BCUT2D eigenvalue weighted by molar-refractivity contribution is 9.10. The molecular weight excluding hydrogens is 342 g/mol. The third-order valence-corrected chi connectivity index (χ3v) is 4.34. The van der Waals surface area contributed by atoms with Crippen LogP contribution in [0.2, 0.25) is 5.15 Å². The summed E-state index contributed by atoms with van der Waals surface area (Å²) in [5, 5.41) is 2.74. The van der Waals surface area contributed by atoms with Crippen LogP contribution in [0.5, 0.6) is 0 Å². The Balaban J connectivity index is 2.30. The molecular formula is C10H7BrClN3S2. The van der Waals surface area contributed by atoms with E-state index in [4.69, 9.17) is 11.6 Å². The van der Waals surface area contributed by atoms with Crippen molar-refractivity contribution in [3.63, 3.8) is 0 Å². The third kappa shape index (κ3) is 3.58. The van der Waals surface area contributed by atoms with Crippen molar-refractivity contribution in [1.29, 1.82) is 0 Å². The Morgan fingerprint density at radius 1 is 1.35 bits per heavy atom. The Hall–Kier alpha value is -0.300. The summed E-state index contributed by atoms with van der Waals surface area (Å²) in [5.74, 6) is 0. The van der Waals surface area contributed by atoms with Crippen molar-refractivity contribution >= 4 is 51.1 Å². The minimum absolute atomic E-state index is 0.443. The molecule has 0 fully saturated rings. The second-order valence-electron chi connectivity index (χ2n) is 2.91. The van der Waals surface area contributed by atoms with Gasteiger partial charge in [0.25, 0.3) is 0 Å². The summed E-state index contributed by atoms with van der Waals surface area (Å²) in [7, 11) is 0. The summed E-state index contributed by atoms with van der Waals surface area (Å²) in [4.78, 5) is 12.7. The fraction of sp³-hybridized carbons (Fsp3) is 0.100. The van der Waals surface area contributed by atoms with E-state index in [2.05, 4.69) is 30.9 Å². The van der Waals surface area contributed by atoms with Gasteiger partial charge in [0.2, 0.25) is 0 Å². The smallest absolute Gasteiger partial charge is 0.189 e. The van der Waals surface area contributed by atoms with Crippen LogP contribution in [0.15, 0.2) is 44.1 Å². The molecule has 2 heterocycles. The maximum absolute atomic E-state index is 5.92. The average Bonchev–Trinajstić information content (AvgIpc) is 2.31. The van der Waals surface area contributed by atoms with Crippen LogP contribution in [0, 0.1) is 0 Å². The molecule has 0 saturated carbocycles. The van der Waals surface area contributed by atoms with Crippen molar-refractivity contribution in [3.05, 3.63) is 34.0 Å². The lowest BCUT2D eigenvalue weighted by atomic mass is 10.5. The van der Waals surface area contributed by atoms with Gasteiger partial charge in [-0.3, -0.25) is 0 Å². The lowest BCUT2D eigenvalue weighted by Crippen LogP contribution is -1.90. The summed E-state index contributed by atoms with van der Waals surface area (Å²) < 4.78 is 0.936. The minimum Gasteiger partial charge on any atom is -0.248 e. The molecule has 88 valence electrons. The monoisotopic (exact) mass is 347 g/mol. The molecule has 7 heteroatoms. The van der Waals surface area contributed by atoms with Crippen LogP contribution in [0.1, 0.15) is 0 Å². The van der Waals surface area contributed by atoms with Gasteiger partial charge in [-0.2, -0.15) is 0 Å². The average molecular weight is 349 g/mol. The van der Waals surface area contributed by atoms with Gasteiger partial charge < -0.3 is 0 Å². The number of halogens is 2. The Bertz CT molecular complexity index is 539. The predicted molar refractivity (Wildman–Crippen MR) is 74.9 cm³/mol. The number of hydrogen-bond acceptors (Lipinski definition) is 5. The number of aromatic nitrogens is 3. The van der Waals surface area contributed by atoms with Crippen molar-refractivity contribution in [2.24, 2.45) is 0 Å². The van der Waals surface area contributed by atoms with Crippen LogP contribution in [-0.4, -0.2) is 21.2 Å². The summed E-state index contributed by atoms with van der Waals surface area (Å²) >= 11 is 12.3. The number of pyridine rings is 1. The molecule has 2 aromatic rings. The molecule has 0 radical (unpaired) electrons. The van der Waals surface area contributed by atoms with E-state index in [0.29, 0.717) is 10.3 Å². The van der Waals surface area contributed by atoms with E-state index >= 15 is 0 Å². The van der Waals surface area contributed by atoms with Crippen molar-refractivity contribution in [2.45, 2.75) is 15.2 Å². The van der Waals surface area contributed by atoms with Gasteiger partial charge in [-0.25, -0.2) is 15.0 Å². The van der Waals surface area contributed by atoms with Crippen LogP contribution < -0.4 is 0 Å². The van der Waals surface area contributed by atoms with Gasteiger partial charge in [0, 0.05) is 12.3 Å². The molecule has 17 heavy (non-hydrogen) atoms. The Morgan fingerprint density at radius 3 is 2.88 bits per heavy atom. The first-order valence-electron chi connectivity index (χ1n) is 4.56. The van der Waals surface area contributed by atoms with Gasteiger partial charge in [-0.1, -0.05) is 23.4 Å². The molecule has 0 aromatic carbocycles. The van der Waals surface area contributed by atoms with Gasteiger partial charge >= 0.3 is 0 Å². The highest BCUT2D eigenvalue weighted by Gasteiger charge is 2.07. The summed E-state index contributed by atoms with van der Waals surface area (Å²) in [5.41, 5.74) is 0. The third-order valence-electron chi connectivity index (χ3n) is 1.76. The van der Waals surface area contributed by atoms with Gasteiger partial charge in [0.05, 0.1) is 4.47 Å². The van der Waals surface area contributed by atoms with Crippen LogP contribution in [0.3, 0.4) is 0 Å². The summed E-state index contributed by atoms with van der Waals surface area (Å²) in [6, 6.07) is 5.54. The molecule has 0 saturated heterocycles. The van der Waals surface area contributed by atoms with E-state index in [1.807, 2.05) is 18.4 Å². The largest absolute Gasteiger partial charge is 0.248 e. The standard InChI is InChI=1S/C10H7BrClN3S2/c1-16-10-14-7(12)5-8(15-10)17-9-6(11)3-2-4-13-9/h2-5H,1H3. The van der Waals surface area contributed by atoms with Crippen LogP contribution in [-0.2, 0) is 0 Å². The van der Waals surface area contributed by atoms with E-state index in [1.54, 1.807) is 12.3 Å². The zero-order chi connectivity index (χ0) is 12.3. The number of hydrogen-bond donors (Lipinski definition) is 0. The first-order chi connectivity index (χ1) is 8.19. The lowest BCUT2D eigenvalue weighted by molar-refractivity contribution is 0.892. The Kier molecular flexibility index (Phi) is 4.67. The molecule has 0 unspecified atom stereocenters. The van der Waals surface area contributed by atoms with Gasteiger partial charge in [0.15, 0.2) is 5.16 Å². The van der Waals surface area contributed by atoms with Crippen molar-refractivity contribution in [2.75, 3.05) is 6.26 Å². The quantitative estimate of drug-likeness (QED) is 0.473. The molecule has 0 aliphatic carbocycles. The Morgan fingerprint density at radius 2 is 2.18 bits per heavy atom. The van der Waals surface area contributed by atoms with Crippen molar-refractivity contribution in [3.8, 4) is 0 Å². The minimum atomic E-state index is 0.443. The Labute approximate surface area is 121 Å². The fourth-order valence-electron chi connectivity index (χ4n) is 1.07. The highest BCUT2D eigenvalue weighted by Crippen LogP contribution is 2.31. The second-order valence-corrected chi connectivity index (χ2v) is 5.93. The van der Waals surface area contributed by atoms with E-state index in [1.165, 1.54) is 23.5 Å². The maximum atomic E-state index is 5.92. The highest BCUT2D eigenvalue weighted by atomic mass is 79.9. The topological polar surface area (TPSA) is 38.7 Å². The zero-order valence-electron chi connectivity index (χ0n) is 8.72. The molecule has 0 aliphatic heterocycles. The van der Waals surface area contributed by atoms with E-state index in [-0.39, 0.29) is 0 Å².